The van der Waals surface area contributed by atoms with Gasteiger partial charge >= 0.3 is 5.97 Å². The summed E-state index contributed by atoms with van der Waals surface area (Å²) < 4.78 is 10.1. The molecule has 152 valence electrons. The van der Waals surface area contributed by atoms with Gasteiger partial charge in [-0.25, -0.2) is 4.79 Å². The van der Waals surface area contributed by atoms with Gasteiger partial charge in [0.25, 0.3) is 11.8 Å². The summed E-state index contributed by atoms with van der Waals surface area (Å²) in [5.41, 5.74) is 0.618. The van der Waals surface area contributed by atoms with Crippen LogP contribution in [0.2, 0.25) is 0 Å². The van der Waals surface area contributed by atoms with Gasteiger partial charge in [0.1, 0.15) is 4.88 Å². The van der Waals surface area contributed by atoms with Gasteiger partial charge in [-0.3, -0.25) is 9.59 Å². The molecule has 2 aromatic heterocycles. The zero-order chi connectivity index (χ0) is 21.3. The van der Waals surface area contributed by atoms with Gasteiger partial charge in [0.15, 0.2) is 12.4 Å². The number of nitrogens with zero attached hydrogens (tertiary/aromatic N) is 2. The van der Waals surface area contributed by atoms with Crippen LogP contribution in [0.25, 0.3) is 0 Å². The molecule has 2 heterocycles. The highest BCUT2D eigenvalue weighted by molar-refractivity contribution is 7.18. The third-order valence-electron chi connectivity index (χ3n) is 3.93. The number of para-hydroxylation sites is 1. The molecule has 2 amide bonds. The van der Waals surface area contributed by atoms with Crippen LogP contribution in [0, 0.1) is 11.3 Å². The Morgan fingerprint density at radius 3 is 2.60 bits per heavy atom. The van der Waals surface area contributed by atoms with Crippen molar-refractivity contribution in [1.29, 1.82) is 5.26 Å². The maximum absolute atomic E-state index is 12.5. The van der Waals surface area contributed by atoms with Crippen molar-refractivity contribution in [3.63, 3.8) is 0 Å². The van der Waals surface area contributed by atoms with E-state index in [9.17, 15) is 14.4 Å². The minimum Gasteiger partial charge on any atom is -0.459 e. The summed E-state index contributed by atoms with van der Waals surface area (Å²) in [5.74, 6) is -1.41. The van der Waals surface area contributed by atoms with Gasteiger partial charge in [-0.2, -0.15) is 5.26 Å². The van der Waals surface area contributed by atoms with E-state index in [-0.39, 0.29) is 23.6 Å². The number of esters is 1. The number of carbonyl (C=O) groups is 3. The Morgan fingerprint density at radius 2 is 1.90 bits per heavy atom. The van der Waals surface area contributed by atoms with E-state index in [0.717, 1.165) is 11.3 Å². The first-order valence-corrected chi connectivity index (χ1v) is 9.74. The van der Waals surface area contributed by atoms with Gasteiger partial charge in [0.05, 0.1) is 23.8 Å². The highest BCUT2D eigenvalue weighted by Crippen LogP contribution is 2.23. The van der Waals surface area contributed by atoms with E-state index in [2.05, 4.69) is 5.32 Å². The molecule has 0 aliphatic heterocycles. The summed E-state index contributed by atoms with van der Waals surface area (Å²) in [6.45, 7) is -0.274. The Labute approximate surface area is 176 Å². The summed E-state index contributed by atoms with van der Waals surface area (Å²) in [5, 5.41) is 11.9. The molecule has 0 aliphatic carbocycles. The van der Waals surface area contributed by atoms with E-state index in [4.69, 9.17) is 14.4 Å². The number of anilines is 2. The number of furan rings is 1. The molecule has 0 atom stereocenters. The Balaban J connectivity index is 1.58. The lowest BCUT2D eigenvalue weighted by Crippen LogP contribution is -2.35. The van der Waals surface area contributed by atoms with E-state index in [1.54, 1.807) is 36.4 Å². The first-order chi connectivity index (χ1) is 14.6. The van der Waals surface area contributed by atoms with E-state index >= 15 is 0 Å². The number of ether oxygens (including phenoxy) is 1. The molecule has 3 rings (SSSR count). The molecule has 30 heavy (non-hydrogen) atoms. The van der Waals surface area contributed by atoms with Crippen LogP contribution in [0.4, 0.5) is 10.7 Å². The van der Waals surface area contributed by atoms with Crippen molar-refractivity contribution in [2.24, 2.45) is 0 Å². The number of benzene rings is 1. The number of nitrogens with one attached hydrogen (secondary N) is 1. The standard InChI is InChI=1S/C21H17N3O5S/c22-11-5-12-24(15-6-2-1-3-7-15)19(25)14-29-21(27)17-9-10-18(30-17)23-20(26)16-8-4-13-28-16/h1-4,6-10,13H,5,12,14H2,(H,23,26). The zero-order valence-corrected chi connectivity index (χ0v) is 16.6. The maximum atomic E-state index is 12.5. The highest BCUT2D eigenvalue weighted by Gasteiger charge is 2.19. The Kier molecular flexibility index (Phi) is 6.97. The molecule has 8 nitrogen and oxygen atoms in total. The van der Waals surface area contributed by atoms with Gasteiger partial charge in [-0.1, -0.05) is 18.2 Å². The summed E-state index contributed by atoms with van der Waals surface area (Å²) in [6.07, 6.45) is 1.54. The topological polar surface area (TPSA) is 113 Å². The van der Waals surface area contributed by atoms with Crippen LogP contribution in [0.15, 0.2) is 65.3 Å². The number of nitriles is 1. The minimum atomic E-state index is -0.680. The fraction of sp³-hybridized carbons (Fsp3) is 0.143. The van der Waals surface area contributed by atoms with E-state index in [1.807, 2.05) is 12.1 Å². The molecule has 0 saturated heterocycles. The predicted molar refractivity (Wildman–Crippen MR) is 110 cm³/mol. The normalized spacial score (nSPS) is 10.1. The van der Waals surface area contributed by atoms with Crippen molar-refractivity contribution in [2.75, 3.05) is 23.4 Å². The predicted octanol–water partition coefficient (Wildman–Crippen LogP) is 3.70. The van der Waals surface area contributed by atoms with Crippen molar-refractivity contribution in [3.8, 4) is 6.07 Å². The summed E-state index contributed by atoms with van der Waals surface area (Å²) in [4.78, 5) is 38.4. The molecule has 1 aromatic carbocycles. The smallest absolute Gasteiger partial charge is 0.348 e. The average Bonchev–Trinajstić information content (AvgIpc) is 3.45. The minimum absolute atomic E-state index is 0.150. The summed E-state index contributed by atoms with van der Waals surface area (Å²) >= 11 is 1.02. The van der Waals surface area contributed by atoms with E-state index in [1.165, 1.54) is 23.3 Å². The zero-order valence-electron chi connectivity index (χ0n) is 15.7. The SMILES string of the molecule is N#CCCN(C(=O)COC(=O)c1ccc(NC(=O)c2ccco2)s1)c1ccccc1. The van der Waals surface area contributed by atoms with Gasteiger partial charge in [-0.05, 0) is 36.4 Å². The van der Waals surface area contributed by atoms with Crippen molar-refractivity contribution < 1.29 is 23.5 Å². The average molecular weight is 423 g/mol. The van der Waals surface area contributed by atoms with Crippen molar-refractivity contribution >= 4 is 39.8 Å². The maximum Gasteiger partial charge on any atom is 0.348 e. The lowest BCUT2D eigenvalue weighted by molar-refractivity contribution is -0.121. The lowest BCUT2D eigenvalue weighted by Gasteiger charge is -2.21. The quantitative estimate of drug-likeness (QED) is 0.553. The molecule has 0 aliphatic rings. The Morgan fingerprint density at radius 1 is 1.10 bits per heavy atom. The molecule has 0 unspecified atom stereocenters. The van der Waals surface area contributed by atoms with Crippen molar-refractivity contribution in [2.45, 2.75) is 6.42 Å². The third-order valence-corrected chi connectivity index (χ3v) is 4.91. The van der Waals surface area contributed by atoms with Crippen LogP contribution in [-0.4, -0.2) is 30.9 Å². The number of hydrogen-bond donors (Lipinski definition) is 1. The van der Waals surface area contributed by atoms with Crippen molar-refractivity contribution in [1.82, 2.24) is 0 Å². The molecule has 0 spiro atoms. The van der Waals surface area contributed by atoms with Crippen LogP contribution in [0.5, 0.6) is 0 Å². The van der Waals surface area contributed by atoms with Gasteiger partial charge < -0.3 is 19.4 Å². The molecular weight excluding hydrogens is 406 g/mol. The van der Waals surface area contributed by atoms with Crippen LogP contribution in [0.1, 0.15) is 26.6 Å². The fourth-order valence-electron chi connectivity index (χ4n) is 2.54. The molecular formula is C21H17N3O5S. The highest BCUT2D eigenvalue weighted by atomic mass is 32.1. The molecule has 0 saturated carbocycles. The lowest BCUT2D eigenvalue weighted by atomic mass is 10.2. The molecule has 9 heteroatoms. The Bertz CT molecular complexity index is 1050. The number of thiophene rings is 1. The van der Waals surface area contributed by atoms with E-state index in [0.29, 0.717) is 10.7 Å². The number of carbonyl (C=O) groups excluding carboxylic acids is 3. The monoisotopic (exact) mass is 423 g/mol. The molecule has 0 bridgehead atoms. The number of rotatable bonds is 8. The van der Waals surface area contributed by atoms with Crippen LogP contribution >= 0.6 is 11.3 Å². The van der Waals surface area contributed by atoms with Crippen LogP contribution in [-0.2, 0) is 9.53 Å². The molecule has 0 fully saturated rings. The first kappa shape index (κ1) is 20.8. The molecule has 1 N–H and O–H groups in total. The van der Waals surface area contributed by atoms with Gasteiger partial charge in [0, 0.05) is 12.2 Å². The van der Waals surface area contributed by atoms with Gasteiger partial charge in [-0.15, -0.1) is 11.3 Å². The summed E-state index contributed by atoms with van der Waals surface area (Å²) in [6, 6.07) is 17.0. The second-order valence-electron chi connectivity index (χ2n) is 5.96. The van der Waals surface area contributed by atoms with Crippen molar-refractivity contribution in [3.05, 3.63) is 71.5 Å². The second kappa shape index (κ2) is 10.0. The fourth-order valence-corrected chi connectivity index (χ4v) is 3.33. The van der Waals surface area contributed by atoms with Crippen LogP contribution < -0.4 is 10.2 Å². The van der Waals surface area contributed by atoms with E-state index < -0.39 is 24.4 Å². The molecule has 3 aromatic rings. The summed E-state index contributed by atoms with van der Waals surface area (Å²) in [7, 11) is 0. The largest absolute Gasteiger partial charge is 0.459 e. The van der Waals surface area contributed by atoms with Gasteiger partial charge in [0.2, 0.25) is 0 Å². The Hall–Kier alpha value is -3.90. The van der Waals surface area contributed by atoms with Crippen LogP contribution in [0.3, 0.4) is 0 Å². The number of hydrogen-bond acceptors (Lipinski definition) is 7. The molecule has 0 radical (unpaired) electrons. The first-order valence-electron chi connectivity index (χ1n) is 8.92. The third kappa shape index (κ3) is 5.33. The second-order valence-corrected chi connectivity index (χ2v) is 7.04. The number of amides is 2.